The predicted octanol–water partition coefficient (Wildman–Crippen LogP) is 1.08. The van der Waals surface area contributed by atoms with Crippen LogP contribution in [0, 0.1) is 0 Å². The molecule has 0 spiro atoms. The molecule has 0 aromatic heterocycles. The first-order chi connectivity index (χ1) is 5.49. The van der Waals surface area contributed by atoms with Crippen LogP contribution >= 0.6 is 12.4 Å². The number of nitrogens with zero attached hydrogens (tertiary/aromatic N) is 1. The summed E-state index contributed by atoms with van der Waals surface area (Å²) in [5, 5.41) is 3.44. The molecular weight excluding hydrogens is 188 g/mol. The summed E-state index contributed by atoms with van der Waals surface area (Å²) in [5.74, 6) is 0. The van der Waals surface area contributed by atoms with Gasteiger partial charge in [-0.05, 0) is 34.4 Å². The lowest BCUT2D eigenvalue weighted by molar-refractivity contribution is 0.0855. The molecule has 1 unspecified atom stereocenters. The summed E-state index contributed by atoms with van der Waals surface area (Å²) in [4.78, 5) is 2.18. The Bertz CT molecular complexity index is 151. The number of ether oxygens (including phenoxy) is 1. The maximum atomic E-state index is 5.58. The second kappa shape index (κ2) is 5.15. The van der Waals surface area contributed by atoms with E-state index < -0.39 is 0 Å². The van der Waals surface area contributed by atoms with E-state index in [9.17, 15) is 0 Å². The summed E-state index contributed by atoms with van der Waals surface area (Å²) in [7, 11) is 4.17. The number of hydrogen-bond acceptors (Lipinski definition) is 3. The first-order valence-corrected chi connectivity index (χ1v) is 4.54. The Morgan fingerprint density at radius 1 is 1.46 bits per heavy atom. The zero-order valence-electron chi connectivity index (χ0n) is 8.96. The van der Waals surface area contributed by atoms with Crippen molar-refractivity contribution in [3.63, 3.8) is 0 Å². The standard InChI is InChI=1S/C9H20N2O.ClH/c1-9(2)7-12-8(10-9)5-6-11(3)4;/h8,10H,5-7H2,1-4H3;1H. The van der Waals surface area contributed by atoms with E-state index in [-0.39, 0.29) is 24.2 Å². The van der Waals surface area contributed by atoms with Crippen LogP contribution in [0.3, 0.4) is 0 Å². The fourth-order valence-electron chi connectivity index (χ4n) is 1.36. The summed E-state index contributed by atoms with van der Waals surface area (Å²) in [6, 6.07) is 0. The fraction of sp³-hybridized carbons (Fsp3) is 1.00. The monoisotopic (exact) mass is 208 g/mol. The van der Waals surface area contributed by atoms with Crippen LogP contribution < -0.4 is 5.32 Å². The van der Waals surface area contributed by atoms with Gasteiger partial charge in [0.15, 0.2) is 0 Å². The Labute approximate surface area is 87.2 Å². The lowest BCUT2D eigenvalue weighted by Crippen LogP contribution is -2.39. The Balaban J connectivity index is 0.00000144. The second-order valence-corrected chi connectivity index (χ2v) is 4.42. The summed E-state index contributed by atoms with van der Waals surface area (Å²) < 4.78 is 5.58. The topological polar surface area (TPSA) is 24.5 Å². The van der Waals surface area contributed by atoms with Gasteiger partial charge in [0, 0.05) is 12.1 Å². The summed E-state index contributed by atoms with van der Waals surface area (Å²) >= 11 is 0. The van der Waals surface area contributed by atoms with Gasteiger partial charge in [-0.25, -0.2) is 0 Å². The van der Waals surface area contributed by atoms with Gasteiger partial charge in [0.1, 0.15) is 6.23 Å². The van der Waals surface area contributed by atoms with Crippen molar-refractivity contribution in [1.82, 2.24) is 10.2 Å². The molecule has 0 radical (unpaired) electrons. The van der Waals surface area contributed by atoms with Gasteiger partial charge in [0.2, 0.25) is 0 Å². The van der Waals surface area contributed by atoms with Crippen LogP contribution in [0.4, 0.5) is 0 Å². The van der Waals surface area contributed by atoms with E-state index in [0.29, 0.717) is 0 Å². The first kappa shape index (κ1) is 13.2. The van der Waals surface area contributed by atoms with Crippen LogP contribution in [0.25, 0.3) is 0 Å². The van der Waals surface area contributed by atoms with Gasteiger partial charge >= 0.3 is 0 Å². The molecule has 0 aromatic rings. The minimum absolute atomic E-state index is 0. The van der Waals surface area contributed by atoms with E-state index in [2.05, 4.69) is 38.2 Å². The molecule has 1 rings (SSSR count). The normalized spacial score (nSPS) is 26.1. The average molecular weight is 209 g/mol. The zero-order valence-corrected chi connectivity index (χ0v) is 9.78. The Morgan fingerprint density at radius 2 is 2.08 bits per heavy atom. The molecule has 4 heteroatoms. The minimum Gasteiger partial charge on any atom is -0.361 e. The molecule has 1 N–H and O–H groups in total. The van der Waals surface area contributed by atoms with Crippen molar-refractivity contribution < 1.29 is 4.74 Å². The van der Waals surface area contributed by atoms with Crippen molar-refractivity contribution in [2.75, 3.05) is 27.2 Å². The summed E-state index contributed by atoms with van der Waals surface area (Å²) in [5.41, 5.74) is 0.164. The predicted molar refractivity (Wildman–Crippen MR) is 57.4 cm³/mol. The van der Waals surface area contributed by atoms with Crippen molar-refractivity contribution in [3.8, 4) is 0 Å². The summed E-state index contributed by atoms with van der Waals surface area (Å²) in [6.07, 6.45) is 1.32. The molecule has 1 aliphatic rings. The summed E-state index contributed by atoms with van der Waals surface area (Å²) in [6.45, 7) is 6.24. The molecule has 1 saturated heterocycles. The van der Waals surface area contributed by atoms with E-state index in [1.165, 1.54) is 0 Å². The highest BCUT2D eigenvalue weighted by Crippen LogP contribution is 2.15. The lowest BCUT2D eigenvalue weighted by Gasteiger charge is -2.18. The SMILES string of the molecule is CN(C)CCC1NC(C)(C)CO1.Cl. The fourth-order valence-corrected chi connectivity index (χ4v) is 1.36. The van der Waals surface area contributed by atoms with Crippen molar-refractivity contribution in [2.45, 2.75) is 32.0 Å². The third-order valence-corrected chi connectivity index (χ3v) is 2.04. The van der Waals surface area contributed by atoms with E-state index >= 15 is 0 Å². The molecule has 1 fully saturated rings. The van der Waals surface area contributed by atoms with Gasteiger partial charge in [-0.1, -0.05) is 0 Å². The molecule has 0 aliphatic carbocycles. The van der Waals surface area contributed by atoms with Gasteiger partial charge in [-0.15, -0.1) is 12.4 Å². The Morgan fingerprint density at radius 3 is 2.46 bits per heavy atom. The Hall–Kier alpha value is 0.170. The molecular formula is C9H21ClN2O. The lowest BCUT2D eigenvalue weighted by atomic mass is 10.1. The van der Waals surface area contributed by atoms with Gasteiger partial charge in [-0.2, -0.15) is 0 Å². The van der Waals surface area contributed by atoms with Gasteiger partial charge in [0.25, 0.3) is 0 Å². The van der Waals surface area contributed by atoms with Crippen LogP contribution in [0.2, 0.25) is 0 Å². The molecule has 1 heterocycles. The molecule has 0 saturated carbocycles. The molecule has 3 nitrogen and oxygen atoms in total. The van der Waals surface area contributed by atoms with Crippen molar-refractivity contribution >= 4 is 12.4 Å². The molecule has 13 heavy (non-hydrogen) atoms. The minimum atomic E-state index is 0. The van der Waals surface area contributed by atoms with Crippen molar-refractivity contribution in [3.05, 3.63) is 0 Å². The number of halogens is 1. The van der Waals surface area contributed by atoms with Crippen LogP contribution in [0.1, 0.15) is 20.3 Å². The molecule has 0 bridgehead atoms. The van der Waals surface area contributed by atoms with E-state index in [0.717, 1.165) is 19.6 Å². The third kappa shape index (κ3) is 4.81. The maximum absolute atomic E-state index is 5.58. The van der Waals surface area contributed by atoms with E-state index in [1.807, 2.05) is 0 Å². The largest absolute Gasteiger partial charge is 0.361 e. The van der Waals surface area contributed by atoms with Crippen LogP contribution in [0.15, 0.2) is 0 Å². The molecule has 0 amide bonds. The third-order valence-electron chi connectivity index (χ3n) is 2.04. The second-order valence-electron chi connectivity index (χ2n) is 4.42. The van der Waals surface area contributed by atoms with Gasteiger partial charge in [-0.3, -0.25) is 5.32 Å². The molecule has 1 aliphatic heterocycles. The molecule has 1 atom stereocenters. The van der Waals surface area contributed by atoms with E-state index in [1.54, 1.807) is 0 Å². The quantitative estimate of drug-likeness (QED) is 0.752. The van der Waals surface area contributed by atoms with E-state index in [4.69, 9.17) is 4.74 Å². The van der Waals surface area contributed by atoms with Crippen LogP contribution in [-0.2, 0) is 4.74 Å². The molecule has 0 aromatic carbocycles. The van der Waals surface area contributed by atoms with Gasteiger partial charge in [0.05, 0.1) is 6.61 Å². The van der Waals surface area contributed by atoms with Crippen LogP contribution in [0.5, 0.6) is 0 Å². The highest BCUT2D eigenvalue weighted by molar-refractivity contribution is 5.85. The number of nitrogens with one attached hydrogen (secondary N) is 1. The average Bonchev–Trinajstić information content (AvgIpc) is 2.26. The Kier molecular flexibility index (Phi) is 5.22. The zero-order chi connectivity index (χ0) is 9.19. The van der Waals surface area contributed by atoms with Gasteiger partial charge < -0.3 is 9.64 Å². The highest BCUT2D eigenvalue weighted by Gasteiger charge is 2.30. The highest BCUT2D eigenvalue weighted by atomic mass is 35.5. The maximum Gasteiger partial charge on any atom is 0.109 e. The van der Waals surface area contributed by atoms with Crippen LogP contribution in [-0.4, -0.2) is 43.9 Å². The first-order valence-electron chi connectivity index (χ1n) is 4.54. The molecule has 80 valence electrons. The van der Waals surface area contributed by atoms with Crippen molar-refractivity contribution in [2.24, 2.45) is 0 Å². The number of rotatable bonds is 3. The number of hydrogen-bond donors (Lipinski definition) is 1. The van der Waals surface area contributed by atoms with Crippen molar-refractivity contribution in [1.29, 1.82) is 0 Å². The smallest absolute Gasteiger partial charge is 0.109 e.